The summed E-state index contributed by atoms with van der Waals surface area (Å²) in [5.74, 6) is 0.919. The van der Waals surface area contributed by atoms with Crippen molar-refractivity contribution in [2.75, 3.05) is 24.5 Å². The minimum atomic E-state index is -0.866. The van der Waals surface area contributed by atoms with E-state index < -0.39 is 11.6 Å². The molecule has 0 spiro atoms. The zero-order valence-corrected chi connectivity index (χ0v) is 21.6. The second-order valence-corrected chi connectivity index (χ2v) is 11.6. The highest BCUT2D eigenvalue weighted by Crippen LogP contribution is 2.43. The van der Waals surface area contributed by atoms with Gasteiger partial charge in [-0.3, -0.25) is 0 Å². The molecule has 9 heteroatoms. The summed E-state index contributed by atoms with van der Waals surface area (Å²) >= 11 is 14.3. The molecule has 0 radical (unpaired) electrons. The lowest BCUT2D eigenvalue weighted by molar-refractivity contribution is 0.0594. The molecule has 1 fully saturated rings. The molecule has 4 rings (SSSR count). The monoisotopic (exact) mass is 506 g/mol. The van der Waals surface area contributed by atoms with Gasteiger partial charge >= 0.3 is 6.09 Å². The van der Waals surface area contributed by atoms with Gasteiger partial charge in [0, 0.05) is 41.7 Å². The lowest BCUT2D eigenvalue weighted by atomic mass is 9.79. The summed E-state index contributed by atoms with van der Waals surface area (Å²) in [6.45, 7) is 10.2. The first kappa shape index (κ1) is 24.0. The summed E-state index contributed by atoms with van der Waals surface area (Å²) in [6.07, 6.45) is 2.51. The van der Waals surface area contributed by atoms with Crippen LogP contribution in [0.25, 0.3) is 21.3 Å². The lowest BCUT2D eigenvalue weighted by Crippen LogP contribution is -2.52. The van der Waals surface area contributed by atoms with Gasteiger partial charge in [0.05, 0.1) is 20.3 Å². The van der Waals surface area contributed by atoms with Gasteiger partial charge in [0.25, 0.3) is 0 Å². The van der Waals surface area contributed by atoms with Crippen molar-refractivity contribution in [3.05, 3.63) is 40.0 Å². The van der Waals surface area contributed by atoms with E-state index in [2.05, 4.69) is 27.2 Å². The van der Waals surface area contributed by atoms with E-state index in [4.69, 9.17) is 23.2 Å². The summed E-state index contributed by atoms with van der Waals surface area (Å²) in [5.41, 5.74) is 2.17. The minimum Gasteiger partial charge on any atom is -0.465 e. The van der Waals surface area contributed by atoms with Crippen LogP contribution in [0.3, 0.4) is 0 Å². The van der Waals surface area contributed by atoms with Crippen molar-refractivity contribution in [2.45, 2.75) is 46.1 Å². The predicted octanol–water partition coefficient (Wildman–Crippen LogP) is 7.05. The maximum atomic E-state index is 11.8. The number of hydrogen-bond acceptors (Lipinski definition) is 5. The fourth-order valence-corrected chi connectivity index (χ4v) is 5.79. The van der Waals surface area contributed by atoms with Crippen LogP contribution < -0.4 is 4.90 Å². The second kappa shape index (κ2) is 8.93. The number of piperidine rings is 1. The van der Waals surface area contributed by atoms with Gasteiger partial charge in [-0.15, -0.1) is 11.3 Å². The topological polar surface area (TPSA) is 69.6 Å². The minimum absolute atomic E-state index is 0.0801. The molecule has 176 valence electrons. The maximum absolute atomic E-state index is 11.8. The molecule has 6 nitrogen and oxygen atoms in total. The van der Waals surface area contributed by atoms with E-state index in [1.165, 1.54) is 0 Å². The van der Waals surface area contributed by atoms with Crippen molar-refractivity contribution in [3.63, 3.8) is 0 Å². The average Bonchev–Trinajstić information content (AvgIpc) is 3.18. The Hall–Kier alpha value is -2.09. The van der Waals surface area contributed by atoms with Crippen LogP contribution in [0.4, 0.5) is 10.6 Å². The molecule has 1 N–H and O–H groups in total. The molecule has 0 saturated carbocycles. The molecule has 2 aromatic heterocycles. The Balaban J connectivity index is 1.58. The van der Waals surface area contributed by atoms with Crippen LogP contribution in [-0.2, 0) is 0 Å². The number of carbonyl (C=O) groups is 1. The Bertz CT molecular complexity index is 1180. The van der Waals surface area contributed by atoms with Crippen LogP contribution >= 0.6 is 34.5 Å². The molecule has 1 amide bonds. The molecule has 3 aromatic rings. The van der Waals surface area contributed by atoms with E-state index in [0.29, 0.717) is 16.6 Å². The van der Waals surface area contributed by atoms with E-state index in [1.54, 1.807) is 28.6 Å². The molecule has 1 aromatic carbocycles. The molecular weight excluding hydrogens is 479 g/mol. The van der Waals surface area contributed by atoms with Crippen molar-refractivity contribution in [1.29, 1.82) is 0 Å². The molecule has 0 aliphatic carbocycles. The summed E-state index contributed by atoms with van der Waals surface area (Å²) in [5, 5.41) is 12.8. The van der Waals surface area contributed by atoms with Crippen LogP contribution in [0.1, 0.15) is 40.5 Å². The molecule has 0 atom stereocenters. The van der Waals surface area contributed by atoms with Gasteiger partial charge < -0.3 is 14.9 Å². The molecule has 1 saturated heterocycles. The van der Waals surface area contributed by atoms with Crippen molar-refractivity contribution in [2.24, 2.45) is 5.41 Å². The SMILES string of the molecule is CC1(CN(C(=O)O)C(C)(C)C)CCN(c2ncnc3c(-c4cccc(Cl)c4Cl)csc23)CC1. The average molecular weight is 507 g/mol. The van der Waals surface area contributed by atoms with Crippen LogP contribution in [0.2, 0.25) is 10.0 Å². The number of benzene rings is 1. The summed E-state index contributed by atoms with van der Waals surface area (Å²) < 4.78 is 1.02. The number of nitrogens with zero attached hydrogens (tertiary/aromatic N) is 4. The third-order valence-electron chi connectivity index (χ3n) is 6.43. The first-order chi connectivity index (χ1) is 15.5. The normalized spacial score (nSPS) is 16.2. The fourth-order valence-electron chi connectivity index (χ4n) is 4.36. The number of halogens is 2. The van der Waals surface area contributed by atoms with E-state index in [-0.39, 0.29) is 5.41 Å². The Morgan fingerprint density at radius 2 is 1.91 bits per heavy atom. The van der Waals surface area contributed by atoms with Crippen molar-refractivity contribution >= 4 is 56.7 Å². The Labute approximate surface area is 208 Å². The van der Waals surface area contributed by atoms with E-state index in [9.17, 15) is 9.90 Å². The van der Waals surface area contributed by atoms with Gasteiger partial charge in [0.1, 0.15) is 12.1 Å². The van der Waals surface area contributed by atoms with Crippen molar-refractivity contribution < 1.29 is 9.90 Å². The zero-order valence-electron chi connectivity index (χ0n) is 19.2. The molecule has 0 bridgehead atoms. The molecule has 3 heterocycles. The van der Waals surface area contributed by atoms with Crippen LogP contribution in [0.5, 0.6) is 0 Å². The molecule has 1 aliphatic heterocycles. The first-order valence-corrected chi connectivity index (χ1v) is 12.6. The second-order valence-electron chi connectivity index (χ2n) is 9.96. The third-order valence-corrected chi connectivity index (χ3v) is 8.21. The van der Waals surface area contributed by atoms with Gasteiger partial charge in [-0.05, 0) is 45.1 Å². The standard InChI is InChI=1S/C24H28Cl2N4O2S/c1-23(2,3)30(22(31)32)13-24(4)8-10-29(11-9-24)21-20-19(27-14-28-21)16(12-33-20)15-6-5-7-17(25)18(15)26/h5-7,12,14H,8-11,13H2,1-4H3,(H,31,32). The van der Waals surface area contributed by atoms with Crippen LogP contribution in [0, 0.1) is 5.41 Å². The molecule has 33 heavy (non-hydrogen) atoms. The number of anilines is 1. The van der Waals surface area contributed by atoms with Crippen molar-refractivity contribution in [1.82, 2.24) is 14.9 Å². The Morgan fingerprint density at radius 1 is 1.21 bits per heavy atom. The number of thiophene rings is 1. The first-order valence-electron chi connectivity index (χ1n) is 10.9. The lowest BCUT2D eigenvalue weighted by Gasteiger charge is -2.45. The van der Waals surface area contributed by atoms with Gasteiger partial charge in [-0.25, -0.2) is 14.8 Å². The third kappa shape index (κ3) is 4.77. The molecule has 1 aliphatic rings. The Kier molecular flexibility index (Phi) is 6.51. The van der Waals surface area contributed by atoms with Gasteiger partial charge in [-0.2, -0.15) is 0 Å². The van der Waals surface area contributed by atoms with E-state index in [1.807, 2.05) is 32.9 Å². The highest BCUT2D eigenvalue weighted by Gasteiger charge is 2.37. The van der Waals surface area contributed by atoms with Gasteiger partial charge in [-0.1, -0.05) is 42.3 Å². The largest absolute Gasteiger partial charge is 0.465 e. The van der Waals surface area contributed by atoms with Crippen molar-refractivity contribution in [3.8, 4) is 11.1 Å². The smallest absolute Gasteiger partial charge is 0.407 e. The molecule has 0 unspecified atom stereocenters. The zero-order chi connectivity index (χ0) is 24.0. The maximum Gasteiger partial charge on any atom is 0.407 e. The number of amides is 1. The fraction of sp³-hybridized carbons (Fsp3) is 0.458. The summed E-state index contributed by atoms with van der Waals surface area (Å²) in [7, 11) is 0. The van der Waals surface area contributed by atoms with Crippen LogP contribution in [-0.4, -0.2) is 51.2 Å². The molecular formula is C24H28Cl2N4O2S. The number of hydrogen-bond donors (Lipinski definition) is 1. The van der Waals surface area contributed by atoms with Gasteiger partial charge in [0.2, 0.25) is 0 Å². The number of carboxylic acid groups (broad SMARTS) is 1. The Morgan fingerprint density at radius 3 is 2.55 bits per heavy atom. The number of fused-ring (bicyclic) bond motifs is 1. The quantitative estimate of drug-likeness (QED) is 0.410. The predicted molar refractivity (Wildman–Crippen MR) is 137 cm³/mol. The van der Waals surface area contributed by atoms with E-state index >= 15 is 0 Å². The highest BCUT2D eigenvalue weighted by molar-refractivity contribution is 7.18. The summed E-state index contributed by atoms with van der Waals surface area (Å²) in [6, 6.07) is 5.62. The van der Waals surface area contributed by atoms with Crippen LogP contribution in [0.15, 0.2) is 29.9 Å². The van der Waals surface area contributed by atoms with E-state index in [0.717, 1.165) is 53.1 Å². The highest BCUT2D eigenvalue weighted by atomic mass is 35.5. The number of rotatable bonds is 4. The van der Waals surface area contributed by atoms with Gasteiger partial charge in [0.15, 0.2) is 0 Å². The number of aromatic nitrogens is 2. The summed E-state index contributed by atoms with van der Waals surface area (Å²) in [4.78, 5) is 24.9.